The number of aromatic nitrogens is 1. The average Bonchev–Trinajstić information content (AvgIpc) is 2.78. The van der Waals surface area contributed by atoms with Crippen LogP contribution in [0.4, 0.5) is 0 Å². The largest absolute Gasteiger partial charge is 0.257 e. The zero-order valence-electron chi connectivity index (χ0n) is 11.4. The molecule has 18 heavy (non-hydrogen) atoms. The summed E-state index contributed by atoms with van der Waals surface area (Å²) in [5, 5.41) is 0.978. The van der Waals surface area contributed by atoms with Crippen LogP contribution in [0.1, 0.15) is 29.4 Å². The van der Waals surface area contributed by atoms with E-state index in [0.29, 0.717) is 5.70 Å². The minimum absolute atomic E-state index is 0.591. The van der Waals surface area contributed by atoms with Crippen LogP contribution in [-0.2, 0) is 0 Å². The molecule has 0 aromatic carbocycles. The summed E-state index contributed by atoms with van der Waals surface area (Å²) in [5.74, 6) is 0. The molecule has 0 amide bonds. The van der Waals surface area contributed by atoms with Crippen LogP contribution in [0.5, 0.6) is 0 Å². The molecule has 1 rings (SSSR count). The molecule has 0 saturated heterocycles. The first-order valence-electron chi connectivity index (χ1n) is 5.73. The van der Waals surface area contributed by atoms with Gasteiger partial charge < -0.3 is 0 Å². The summed E-state index contributed by atoms with van der Waals surface area (Å²) in [6.07, 6.45) is 4.95. The summed E-state index contributed by atoms with van der Waals surface area (Å²) in [5.41, 5.74) is 2.12. The van der Waals surface area contributed by atoms with Crippen LogP contribution in [0.2, 0.25) is 0 Å². The first-order chi connectivity index (χ1) is 8.60. The Balaban J connectivity index is 0.00000137. The van der Waals surface area contributed by atoms with Crippen LogP contribution < -0.4 is 0 Å². The van der Waals surface area contributed by atoms with Crippen LogP contribution in [0, 0.1) is 6.92 Å². The van der Waals surface area contributed by atoms with E-state index in [-0.39, 0.29) is 0 Å². The summed E-state index contributed by atoms with van der Waals surface area (Å²) in [6.45, 7) is 21.0. The van der Waals surface area contributed by atoms with Gasteiger partial charge in [0.1, 0.15) is 0 Å². The quantitative estimate of drug-likeness (QED) is 0.546. The Bertz CT molecular complexity index is 479. The number of nitrogens with zero attached hydrogens (tertiary/aromatic N) is 2. The second-order valence-electron chi connectivity index (χ2n) is 3.09. The maximum atomic E-state index is 4.40. The fourth-order valence-electron chi connectivity index (χ4n) is 1.15. The number of hydrogen-bond donors (Lipinski definition) is 0. The van der Waals surface area contributed by atoms with Crippen molar-refractivity contribution >= 4 is 29.2 Å². The van der Waals surface area contributed by atoms with E-state index in [9.17, 15) is 0 Å². The van der Waals surface area contributed by atoms with E-state index in [0.717, 1.165) is 21.2 Å². The fourth-order valence-corrected chi connectivity index (χ4v) is 1.96. The summed E-state index contributed by atoms with van der Waals surface area (Å²) in [6, 6.07) is 0. The highest BCUT2D eigenvalue weighted by Crippen LogP contribution is 2.28. The van der Waals surface area contributed by atoms with Gasteiger partial charge in [-0.25, -0.2) is 4.98 Å². The van der Waals surface area contributed by atoms with Crippen molar-refractivity contribution < 1.29 is 0 Å². The molecule has 1 aromatic heterocycles. The molecule has 1 aromatic rings. The van der Waals surface area contributed by atoms with Crippen molar-refractivity contribution in [3.8, 4) is 0 Å². The lowest BCUT2D eigenvalue weighted by molar-refractivity contribution is 1.25. The third-order valence-corrected chi connectivity index (χ3v) is 2.88. The maximum Gasteiger partial charge on any atom is 0.0908 e. The fraction of sp³-hybridized carbons (Fsp3) is 0.200. The lowest BCUT2D eigenvalue weighted by Gasteiger charge is -2.02. The molecular weight excluding hydrogens is 240 g/mol. The molecule has 0 radical (unpaired) electrons. The second kappa shape index (κ2) is 8.37. The van der Waals surface area contributed by atoms with Crippen LogP contribution in [0.25, 0.3) is 11.6 Å². The van der Waals surface area contributed by atoms with E-state index in [4.69, 9.17) is 0 Å². The molecule has 0 unspecified atom stereocenters. The van der Waals surface area contributed by atoms with Gasteiger partial charge in [0.15, 0.2) is 0 Å². The molecule has 0 aliphatic carbocycles. The van der Waals surface area contributed by atoms with Gasteiger partial charge in [0.05, 0.1) is 21.3 Å². The lowest BCUT2D eigenvalue weighted by atomic mass is 10.1. The normalized spacial score (nSPS) is 9.50. The van der Waals surface area contributed by atoms with E-state index in [1.54, 1.807) is 29.7 Å². The molecule has 0 saturated carbocycles. The first-order valence-corrected chi connectivity index (χ1v) is 6.55. The van der Waals surface area contributed by atoms with Crippen molar-refractivity contribution in [2.45, 2.75) is 20.8 Å². The topological polar surface area (TPSA) is 25.2 Å². The van der Waals surface area contributed by atoms with Crippen molar-refractivity contribution in [3.05, 3.63) is 53.7 Å². The number of aliphatic imine (C=N–C) groups is 1. The third kappa shape index (κ3) is 4.26. The standard InChI is InChI=1S/C13H14N2S.C2H6/c1-6-8-14-10(4)9(3)13-12(7-2)16-11(5)15-13;1-2/h6-8H,1-4H2,5H3;1-2H3. The molecule has 0 aliphatic rings. The predicted octanol–water partition coefficient (Wildman–Crippen LogP) is 4.90. The van der Waals surface area contributed by atoms with Crippen LogP contribution in [-0.4, -0.2) is 11.2 Å². The molecule has 1 heterocycles. The molecule has 0 aliphatic heterocycles. The summed E-state index contributed by atoms with van der Waals surface area (Å²) in [4.78, 5) is 9.49. The molecule has 96 valence electrons. The van der Waals surface area contributed by atoms with Gasteiger partial charge in [0.2, 0.25) is 0 Å². The number of allylic oxidation sites excluding steroid dienone is 2. The number of rotatable bonds is 5. The molecule has 0 atom stereocenters. The van der Waals surface area contributed by atoms with Crippen molar-refractivity contribution in [1.82, 2.24) is 4.98 Å². The molecule has 0 fully saturated rings. The highest BCUT2D eigenvalue weighted by atomic mass is 32.1. The molecule has 2 nitrogen and oxygen atoms in total. The van der Waals surface area contributed by atoms with E-state index in [1.165, 1.54) is 0 Å². The molecule has 0 N–H and O–H groups in total. The summed E-state index contributed by atoms with van der Waals surface area (Å²) >= 11 is 1.58. The zero-order chi connectivity index (χ0) is 14.1. The molecule has 0 spiro atoms. The van der Waals surface area contributed by atoms with E-state index in [2.05, 4.69) is 36.3 Å². The van der Waals surface area contributed by atoms with Gasteiger partial charge in [-0.15, -0.1) is 11.3 Å². The smallest absolute Gasteiger partial charge is 0.0908 e. The molecular formula is C15H20N2S. The minimum Gasteiger partial charge on any atom is -0.257 e. The Morgan fingerprint density at radius 1 is 1.28 bits per heavy atom. The van der Waals surface area contributed by atoms with Gasteiger partial charge in [0.25, 0.3) is 0 Å². The lowest BCUT2D eigenvalue weighted by Crippen LogP contribution is -1.88. The molecule has 3 heteroatoms. The monoisotopic (exact) mass is 260 g/mol. The van der Waals surface area contributed by atoms with Crippen LogP contribution >= 0.6 is 11.3 Å². The van der Waals surface area contributed by atoms with E-state index < -0.39 is 0 Å². The van der Waals surface area contributed by atoms with Gasteiger partial charge in [0, 0.05) is 11.8 Å². The Kier molecular flexibility index (Phi) is 7.56. The minimum atomic E-state index is 0.591. The maximum absolute atomic E-state index is 4.40. The SMILES string of the molecule is C=CC=NC(=C)C(=C)c1nc(C)sc1C=C.CC. The van der Waals surface area contributed by atoms with E-state index >= 15 is 0 Å². The molecule has 0 bridgehead atoms. The van der Waals surface area contributed by atoms with Crippen molar-refractivity contribution in [3.63, 3.8) is 0 Å². The van der Waals surface area contributed by atoms with Crippen molar-refractivity contribution in [2.75, 3.05) is 0 Å². The Morgan fingerprint density at radius 3 is 2.39 bits per heavy atom. The highest BCUT2D eigenvalue weighted by molar-refractivity contribution is 7.12. The Hall–Kier alpha value is -1.74. The number of aryl methyl sites for hydroxylation is 1. The van der Waals surface area contributed by atoms with Gasteiger partial charge in [-0.05, 0) is 13.0 Å². The van der Waals surface area contributed by atoms with Gasteiger partial charge in [-0.2, -0.15) is 0 Å². The van der Waals surface area contributed by atoms with E-state index in [1.807, 2.05) is 20.8 Å². The zero-order valence-corrected chi connectivity index (χ0v) is 12.2. The Morgan fingerprint density at radius 2 is 1.89 bits per heavy atom. The van der Waals surface area contributed by atoms with Gasteiger partial charge in [-0.3, -0.25) is 4.99 Å². The van der Waals surface area contributed by atoms with Crippen LogP contribution in [0.3, 0.4) is 0 Å². The Labute approximate surface area is 114 Å². The number of hydrogen-bond acceptors (Lipinski definition) is 3. The van der Waals surface area contributed by atoms with Crippen molar-refractivity contribution in [2.24, 2.45) is 4.99 Å². The van der Waals surface area contributed by atoms with Crippen molar-refractivity contribution in [1.29, 1.82) is 0 Å². The van der Waals surface area contributed by atoms with Gasteiger partial charge in [-0.1, -0.05) is 46.2 Å². The highest BCUT2D eigenvalue weighted by Gasteiger charge is 2.11. The van der Waals surface area contributed by atoms with Crippen LogP contribution in [0.15, 0.2) is 43.1 Å². The first kappa shape index (κ1) is 16.3. The summed E-state index contributed by atoms with van der Waals surface area (Å²) < 4.78 is 0. The third-order valence-electron chi connectivity index (χ3n) is 1.92. The number of thiazole rings is 1. The second-order valence-corrected chi connectivity index (χ2v) is 4.32. The summed E-state index contributed by atoms with van der Waals surface area (Å²) in [7, 11) is 0. The average molecular weight is 260 g/mol. The predicted molar refractivity (Wildman–Crippen MR) is 85.2 cm³/mol. The van der Waals surface area contributed by atoms with Gasteiger partial charge >= 0.3 is 0 Å².